The van der Waals surface area contributed by atoms with Gasteiger partial charge >= 0.3 is 0 Å². The third-order valence-electron chi connectivity index (χ3n) is 12.4. The van der Waals surface area contributed by atoms with Crippen molar-refractivity contribution in [1.82, 2.24) is 5.32 Å². The number of rotatable bonds is 4. The summed E-state index contributed by atoms with van der Waals surface area (Å²) < 4.78 is 7.11. The first-order valence-electron chi connectivity index (χ1n) is 20.0. The van der Waals surface area contributed by atoms with Crippen molar-refractivity contribution >= 4 is 33.0 Å². The highest BCUT2D eigenvalue weighted by Crippen LogP contribution is 2.63. The SMILES string of the molecule is C1=C(c2ccccc2)NC(c2ccccc2-c2cccc3c2Oc2ccccc2C32c3ccccc3-c3ccccc32)N=C1c1ccc2c(ccc3ccccc32)c1. The molecule has 9 aromatic rings. The number of nitrogens with zero attached hydrogens (tertiary/aromatic N) is 1. The van der Waals surface area contributed by atoms with Crippen LogP contribution in [0.3, 0.4) is 0 Å². The second kappa shape index (κ2) is 12.8. The molecule has 2 aliphatic heterocycles. The van der Waals surface area contributed by atoms with Crippen LogP contribution in [0.4, 0.5) is 0 Å². The molecule has 0 saturated heterocycles. The summed E-state index contributed by atoms with van der Waals surface area (Å²) in [7, 11) is 0. The first kappa shape index (κ1) is 32.7. The van der Waals surface area contributed by atoms with Gasteiger partial charge in [0.05, 0.1) is 11.1 Å². The van der Waals surface area contributed by atoms with Crippen molar-refractivity contribution in [2.75, 3.05) is 0 Å². The maximum absolute atomic E-state index is 7.11. The normalized spacial score (nSPS) is 15.7. The summed E-state index contributed by atoms with van der Waals surface area (Å²) >= 11 is 0. The molecule has 0 aromatic heterocycles. The van der Waals surface area contributed by atoms with Gasteiger partial charge in [-0.3, -0.25) is 4.99 Å². The fourth-order valence-corrected chi connectivity index (χ4v) is 9.87. The summed E-state index contributed by atoms with van der Waals surface area (Å²) in [5.74, 6) is 1.75. The molecular weight excluding hydrogens is 705 g/mol. The molecule has 9 aromatic carbocycles. The lowest BCUT2D eigenvalue weighted by Crippen LogP contribution is -2.32. The molecule has 2 heterocycles. The van der Waals surface area contributed by atoms with Gasteiger partial charge in [0.1, 0.15) is 17.7 Å². The van der Waals surface area contributed by atoms with E-state index in [1.54, 1.807) is 0 Å². The molecule has 1 N–H and O–H groups in total. The molecule has 0 saturated carbocycles. The van der Waals surface area contributed by atoms with Crippen LogP contribution < -0.4 is 10.1 Å². The van der Waals surface area contributed by atoms with E-state index in [0.717, 1.165) is 61.9 Å². The van der Waals surface area contributed by atoms with Gasteiger partial charge in [-0.2, -0.15) is 0 Å². The van der Waals surface area contributed by atoms with Crippen molar-refractivity contribution < 1.29 is 4.74 Å². The zero-order valence-electron chi connectivity index (χ0n) is 31.6. The summed E-state index contributed by atoms with van der Waals surface area (Å²) in [4.78, 5) is 5.52. The minimum Gasteiger partial charge on any atom is -0.456 e. The summed E-state index contributed by atoms with van der Waals surface area (Å²) in [6.07, 6.45) is 1.83. The highest BCUT2D eigenvalue weighted by molar-refractivity contribution is 6.16. The van der Waals surface area contributed by atoms with Gasteiger partial charge in [0.25, 0.3) is 0 Å². The Balaban J connectivity index is 1.05. The number of aliphatic imine (C=N–C) groups is 1. The molecule has 1 spiro atoms. The fraction of sp³-hybridized carbons (Fsp3) is 0.0364. The smallest absolute Gasteiger partial charge is 0.146 e. The number of allylic oxidation sites excluding steroid dienone is 1. The van der Waals surface area contributed by atoms with Gasteiger partial charge in [-0.1, -0.05) is 188 Å². The molecule has 272 valence electrons. The van der Waals surface area contributed by atoms with Crippen LogP contribution in [0.2, 0.25) is 0 Å². The number of benzene rings is 9. The predicted molar refractivity (Wildman–Crippen MR) is 238 cm³/mol. The Morgan fingerprint density at radius 1 is 0.448 bits per heavy atom. The maximum atomic E-state index is 7.11. The van der Waals surface area contributed by atoms with Crippen LogP contribution in [0.1, 0.15) is 45.1 Å². The van der Waals surface area contributed by atoms with Crippen molar-refractivity contribution in [2.24, 2.45) is 4.99 Å². The number of fused-ring (bicyclic) bond motifs is 12. The first-order valence-corrected chi connectivity index (χ1v) is 20.0. The molecule has 3 aliphatic rings. The van der Waals surface area contributed by atoms with Crippen LogP contribution in [0.25, 0.3) is 49.5 Å². The van der Waals surface area contributed by atoms with E-state index in [1.807, 2.05) is 0 Å². The molecule has 1 unspecified atom stereocenters. The van der Waals surface area contributed by atoms with Crippen molar-refractivity contribution in [2.45, 2.75) is 11.6 Å². The van der Waals surface area contributed by atoms with E-state index in [1.165, 1.54) is 43.8 Å². The van der Waals surface area contributed by atoms with E-state index < -0.39 is 5.41 Å². The van der Waals surface area contributed by atoms with E-state index in [9.17, 15) is 0 Å². The number of hydrogen-bond acceptors (Lipinski definition) is 3. The summed E-state index contributed by atoms with van der Waals surface area (Å²) in [5.41, 5.74) is 14.2. The minimum atomic E-state index is -0.540. The van der Waals surface area contributed by atoms with Gasteiger partial charge in [0, 0.05) is 33.5 Å². The zero-order chi connectivity index (χ0) is 38.2. The van der Waals surface area contributed by atoms with E-state index in [4.69, 9.17) is 9.73 Å². The lowest BCUT2D eigenvalue weighted by molar-refractivity contribution is 0.438. The van der Waals surface area contributed by atoms with Gasteiger partial charge in [-0.15, -0.1) is 0 Å². The quantitative estimate of drug-likeness (QED) is 0.182. The molecule has 1 aliphatic carbocycles. The van der Waals surface area contributed by atoms with Crippen LogP contribution >= 0.6 is 0 Å². The Labute approximate surface area is 337 Å². The largest absolute Gasteiger partial charge is 0.456 e. The van der Waals surface area contributed by atoms with E-state index in [2.05, 4.69) is 212 Å². The molecule has 58 heavy (non-hydrogen) atoms. The van der Waals surface area contributed by atoms with Crippen LogP contribution in [-0.4, -0.2) is 5.71 Å². The molecule has 0 fully saturated rings. The Kier molecular flexibility index (Phi) is 7.21. The topological polar surface area (TPSA) is 33.6 Å². The van der Waals surface area contributed by atoms with E-state index >= 15 is 0 Å². The van der Waals surface area contributed by atoms with Gasteiger partial charge in [0.15, 0.2) is 0 Å². The third-order valence-corrected chi connectivity index (χ3v) is 12.4. The number of nitrogens with one attached hydrogen (secondary N) is 1. The number of ether oxygens (including phenoxy) is 1. The van der Waals surface area contributed by atoms with Crippen molar-refractivity contribution in [3.05, 3.63) is 245 Å². The molecule has 0 radical (unpaired) electrons. The summed E-state index contributed by atoms with van der Waals surface area (Å²) in [5, 5.41) is 8.80. The minimum absolute atomic E-state index is 0.368. The third kappa shape index (κ3) is 4.77. The van der Waals surface area contributed by atoms with Gasteiger partial charge in [-0.25, -0.2) is 0 Å². The molecule has 3 heteroatoms. The standard InChI is InChI=1S/C55H36N2O/c1-2-16-36(17-3-1)50-34-51(38-31-32-40-37(33-38)30-29-35-15-4-5-18-39(35)40)57-54(56-50)45-22-7-6-19-41(45)44-23-14-27-49-53(44)58-52-28-13-12-26-48(52)55(49)46-24-10-8-20-42(46)43-21-9-11-25-47(43)55/h1-34,54,56H. The lowest BCUT2D eigenvalue weighted by atomic mass is 9.65. The Bertz CT molecular complexity index is 3150. The van der Waals surface area contributed by atoms with Gasteiger partial charge in [-0.05, 0) is 73.1 Å². The van der Waals surface area contributed by atoms with Crippen molar-refractivity contribution in [3.8, 4) is 33.8 Å². The Hall–Kier alpha value is -7.49. The lowest BCUT2D eigenvalue weighted by Gasteiger charge is -2.40. The average molecular weight is 741 g/mol. The van der Waals surface area contributed by atoms with Crippen LogP contribution in [-0.2, 0) is 5.41 Å². The predicted octanol–water partition coefficient (Wildman–Crippen LogP) is 13.3. The second-order valence-corrected chi connectivity index (χ2v) is 15.4. The van der Waals surface area contributed by atoms with Crippen LogP contribution in [0, 0.1) is 0 Å². The van der Waals surface area contributed by atoms with Crippen LogP contribution in [0.15, 0.2) is 211 Å². The molecular formula is C55H36N2O. The Morgan fingerprint density at radius 3 is 1.90 bits per heavy atom. The average Bonchev–Trinajstić information content (AvgIpc) is 3.59. The van der Waals surface area contributed by atoms with Crippen molar-refractivity contribution in [3.63, 3.8) is 0 Å². The highest BCUT2D eigenvalue weighted by Gasteiger charge is 2.51. The molecule has 12 rings (SSSR count). The van der Waals surface area contributed by atoms with Crippen LogP contribution in [0.5, 0.6) is 11.5 Å². The molecule has 0 bridgehead atoms. The van der Waals surface area contributed by atoms with E-state index in [-0.39, 0.29) is 6.17 Å². The summed E-state index contributed by atoms with van der Waals surface area (Å²) in [6.45, 7) is 0. The zero-order valence-corrected chi connectivity index (χ0v) is 31.6. The number of hydrogen-bond donors (Lipinski definition) is 1. The number of para-hydroxylation sites is 2. The summed E-state index contributed by atoms with van der Waals surface area (Å²) in [6, 6.07) is 72.0. The van der Waals surface area contributed by atoms with Gasteiger partial charge in [0.2, 0.25) is 0 Å². The highest BCUT2D eigenvalue weighted by atomic mass is 16.5. The maximum Gasteiger partial charge on any atom is 0.146 e. The molecule has 0 amide bonds. The van der Waals surface area contributed by atoms with E-state index in [0.29, 0.717) is 0 Å². The monoisotopic (exact) mass is 740 g/mol. The first-order chi connectivity index (χ1) is 28.8. The van der Waals surface area contributed by atoms with Crippen molar-refractivity contribution in [1.29, 1.82) is 0 Å². The fourth-order valence-electron chi connectivity index (χ4n) is 9.87. The molecule has 3 nitrogen and oxygen atoms in total. The second-order valence-electron chi connectivity index (χ2n) is 15.4. The van der Waals surface area contributed by atoms with Gasteiger partial charge < -0.3 is 10.1 Å². The Morgan fingerprint density at radius 2 is 1.07 bits per heavy atom. The molecule has 1 atom stereocenters.